The molecule has 0 saturated carbocycles. The standard InChI is InChI=1S/C20H24N2O2/c1-20(2,17-6-4-3-5-7-17)19(23)22-18-14-24-13-16(18)12-15-8-10-21-11-9-15/h3-11,16,18H,12-14H2,1-2H3,(H,22,23)/t16-,18-/m1/s1. The third kappa shape index (κ3) is 3.65. The zero-order valence-electron chi connectivity index (χ0n) is 14.2. The summed E-state index contributed by atoms with van der Waals surface area (Å²) in [5.74, 6) is 0.340. The SMILES string of the molecule is CC(C)(C(=O)N[C@@H]1COC[C@H]1Cc1ccncc1)c1ccccc1. The van der Waals surface area contributed by atoms with Crippen molar-refractivity contribution >= 4 is 5.91 Å². The summed E-state index contributed by atoms with van der Waals surface area (Å²) < 4.78 is 5.63. The molecule has 3 rings (SSSR count). The minimum absolute atomic E-state index is 0.0453. The molecule has 126 valence electrons. The number of rotatable bonds is 5. The fraction of sp³-hybridized carbons (Fsp3) is 0.400. The van der Waals surface area contributed by atoms with Gasteiger partial charge in [0, 0.05) is 18.3 Å². The summed E-state index contributed by atoms with van der Waals surface area (Å²) in [6, 6.07) is 14.0. The van der Waals surface area contributed by atoms with E-state index in [4.69, 9.17) is 4.74 Å². The van der Waals surface area contributed by atoms with Crippen LogP contribution in [0.2, 0.25) is 0 Å². The highest BCUT2D eigenvalue weighted by molar-refractivity contribution is 5.87. The van der Waals surface area contributed by atoms with Crippen molar-refractivity contribution in [3.63, 3.8) is 0 Å². The quantitative estimate of drug-likeness (QED) is 0.920. The van der Waals surface area contributed by atoms with Crippen LogP contribution in [0.1, 0.15) is 25.0 Å². The van der Waals surface area contributed by atoms with Crippen LogP contribution < -0.4 is 5.32 Å². The van der Waals surface area contributed by atoms with Crippen LogP contribution in [0.15, 0.2) is 54.9 Å². The van der Waals surface area contributed by atoms with E-state index in [1.54, 1.807) is 12.4 Å². The van der Waals surface area contributed by atoms with Gasteiger partial charge in [0.2, 0.25) is 5.91 Å². The Labute approximate surface area is 143 Å². The molecule has 2 aromatic rings. The second-order valence-corrected chi connectivity index (χ2v) is 6.93. The number of hydrogen-bond donors (Lipinski definition) is 1. The summed E-state index contributed by atoms with van der Waals surface area (Å²) in [5.41, 5.74) is 1.68. The summed E-state index contributed by atoms with van der Waals surface area (Å²) in [6.45, 7) is 5.18. The largest absolute Gasteiger partial charge is 0.379 e. The fourth-order valence-electron chi connectivity index (χ4n) is 3.12. The maximum Gasteiger partial charge on any atom is 0.230 e. The molecular weight excluding hydrogens is 300 g/mol. The third-order valence-electron chi connectivity index (χ3n) is 4.83. The molecule has 1 N–H and O–H groups in total. The van der Waals surface area contributed by atoms with Gasteiger partial charge in [-0.05, 0) is 43.5 Å². The average molecular weight is 324 g/mol. The van der Waals surface area contributed by atoms with Crippen molar-refractivity contribution < 1.29 is 9.53 Å². The molecule has 1 aliphatic heterocycles. The number of nitrogens with one attached hydrogen (secondary N) is 1. The second-order valence-electron chi connectivity index (χ2n) is 6.93. The average Bonchev–Trinajstić information content (AvgIpc) is 3.03. The molecule has 1 aromatic heterocycles. The molecule has 0 spiro atoms. The topological polar surface area (TPSA) is 51.2 Å². The fourth-order valence-corrected chi connectivity index (χ4v) is 3.12. The molecule has 1 aliphatic rings. The Balaban J connectivity index is 1.67. The maximum absolute atomic E-state index is 12.8. The summed E-state index contributed by atoms with van der Waals surface area (Å²) in [5, 5.41) is 3.21. The van der Waals surface area contributed by atoms with Gasteiger partial charge in [-0.3, -0.25) is 9.78 Å². The van der Waals surface area contributed by atoms with Crippen molar-refractivity contribution in [1.82, 2.24) is 10.3 Å². The molecule has 2 atom stereocenters. The molecule has 4 nitrogen and oxygen atoms in total. The summed E-state index contributed by atoms with van der Waals surface area (Å²) in [7, 11) is 0. The molecule has 1 aromatic carbocycles. The van der Waals surface area contributed by atoms with Crippen molar-refractivity contribution in [1.29, 1.82) is 0 Å². The molecule has 0 unspecified atom stereocenters. The zero-order chi connectivity index (χ0) is 17.0. The highest BCUT2D eigenvalue weighted by atomic mass is 16.5. The Kier molecular flexibility index (Phi) is 4.95. The Morgan fingerprint density at radius 2 is 1.88 bits per heavy atom. The third-order valence-corrected chi connectivity index (χ3v) is 4.83. The van der Waals surface area contributed by atoms with Gasteiger partial charge in [-0.25, -0.2) is 0 Å². The lowest BCUT2D eigenvalue weighted by molar-refractivity contribution is -0.126. The highest BCUT2D eigenvalue weighted by Crippen LogP contribution is 2.25. The van der Waals surface area contributed by atoms with E-state index in [9.17, 15) is 4.79 Å². The first-order valence-electron chi connectivity index (χ1n) is 8.40. The van der Waals surface area contributed by atoms with E-state index in [0.717, 1.165) is 12.0 Å². The Bertz CT molecular complexity index is 671. The van der Waals surface area contributed by atoms with Crippen molar-refractivity contribution in [2.24, 2.45) is 5.92 Å². The second kappa shape index (κ2) is 7.14. The van der Waals surface area contributed by atoms with Gasteiger partial charge in [-0.2, -0.15) is 0 Å². The van der Waals surface area contributed by atoms with Crippen LogP contribution in [0.5, 0.6) is 0 Å². The lowest BCUT2D eigenvalue weighted by Gasteiger charge is -2.28. The van der Waals surface area contributed by atoms with Gasteiger partial charge in [-0.1, -0.05) is 30.3 Å². The monoisotopic (exact) mass is 324 g/mol. The van der Waals surface area contributed by atoms with E-state index in [2.05, 4.69) is 10.3 Å². The number of aromatic nitrogens is 1. The van der Waals surface area contributed by atoms with Gasteiger partial charge in [0.25, 0.3) is 0 Å². The Hall–Kier alpha value is -2.20. The van der Waals surface area contributed by atoms with Gasteiger partial charge < -0.3 is 10.1 Å². The lowest BCUT2D eigenvalue weighted by atomic mass is 9.83. The Morgan fingerprint density at radius 1 is 1.17 bits per heavy atom. The van der Waals surface area contributed by atoms with E-state index in [1.165, 1.54) is 5.56 Å². The van der Waals surface area contributed by atoms with Crippen molar-refractivity contribution in [3.8, 4) is 0 Å². The summed E-state index contributed by atoms with van der Waals surface area (Å²) in [4.78, 5) is 16.9. The molecule has 0 aliphatic carbocycles. The van der Waals surface area contributed by atoms with Crippen LogP contribution in [-0.4, -0.2) is 30.1 Å². The van der Waals surface area contributed by atoms with Crippen LogP contribution in [0.4, 0.5) is 0 Å². The molecule has 2 heterocycles. The predicted molar refractivity (Wildman–Crippen MR) is 93.6 cm³/mol. The summed E-state index contributed by atoms with van der Waals surface area (Å²) >= 11 is 0. The number of ether oxygens (including phenoxy) is 1. The van der Waals surface area contributed by atoms with E-state index < -0.39 is 5.41 Å². The number of hydrogen-bond acceptors (Lipinski definition) is 3. The smallest absolute Gasteiger partial charge is 0.230 e. The highest BCUT2D eigenvalue weighted by Gasteiger charge is 2.35. The molecule has 0 radical (unpaired) electrons. The molecule has 24 heavy (non-hydrogen) atoms. The Morgan fingerprint density at radius 3 is 2.58 bits per heavy atom. The first-order chi connectivity index (χ1) is 11.6. The lowest BCUT2D eigenvalue weighted by Crippen LogP contribution is -2.48. The number of carbonyl (C=O) groups excluding carboxylic acids is 1. The molecule has 0 bridgehead atoms. The van der Waals surface area contributed by atoms with E-state index >= 15 is 0 Å². The van der Waals surface area contributed by atoms with Crippen LogP contribution in [0.3, 0.4) is 0 Å². The zero-order valence-corrected chi connectivity index (χ0v) is 14.2. The van der Waals surface area contributed by atoms with Crippen molar-refractivity contribution in [3.05, 3.63) is 66.0 Å². The molecule has 1 saturated heterocycles. The van der Waals surface area contributed by atoms with Crippen LogP contribution in [0, 0.1) is 5.92 Å². The summed E-state index contributed by atoms with van der Waals surface area (Å²) in [6.07, 6.45) is 4.49. The number of pyridine rings is 1. The van der Waals surface area contributed by atoms with Gasteiger partial charge in [0.1, 0.15) is 0 Å². The molecule has 1 fully saturated rings. The first kappa shape index (κ1) is 16.7. The van der Waals surface area contributed by atoms with Gasteiger partial charge >= 0.3 is 0 Å². The van der Waals surface area contributed by atoms with Crippen LogP contribution in [-0.2, 0) is 21.4 Å². The van der Waals surface area contributed by atoms with E-state index in [0.29, 0.717) is 19.1 Å². The van der Waals surface area contributed by atoms with Crippen molar-refractivity contribution in [2.75, 3.05) is 13.2 Å². The van der Waals surface area contributed by atoms with Gasteiger partial charge in [0.15, 0.2) is 0 Å². The number of carbonyl (C=O) groups is 1. The van der Waals surface area contributed by atoms with Gasteiger partial charge in [-0.15, -0.1) is 0 Å². The molecule has 4 heteroatoms. The minimum Gasteiger partial charge on any atom is -0.379 e. The van der Waals surface area contributed by atoms with E-state index in [-0.39, 0.29) is 11.9 Å². The number of benzene rings is 1. The van der Waals surface area contributed by atoms with Crippen LogP contribution in [0.25, 0.3) is 0 Å². The van der Waals surface area contributed by atoms with Crippen LogP contribution >= 0.6 is 0 Å². The van der Waals surface area contributed by atoms with E-state index in [1.807, 2.05) is 56.3 Å². The van der Waals surface area contributed by atoms with Gasteiger partial charge in [0.05, 0.1) is 24.7 Å². The number of amides is 1. The van der Waals surface area contributed by atoms with Crippen molar-refractivity contribution in [2.45, 2.75) is 31.7 Å². The minimum atomic E-state index is -0.564. The molecular formula is C20H24N2O2. The molecule has 1 amide bonds. The number of nitrogens with zero attached hydrogens (tertiary/aromatic N) is 1. The first-order valence-corrected chi connectivity index (χ1v) is 8.40. The maximum atomic E-state index is 12.8. The predicted octanol–water partition coefficient (Wildman–Crippen LogP) is 2.73. The normalized spacial score (nSPS) is 20.8.